The van der Waals surface area contributed by atoms with Gasteiger partial charge in [0.25, 0.3) is 5.91 Å². The number of thiophene rings is 1. The number of nitrogens with zero attached hydrogens (tertiary/aromatic N) is 3. The highest BCUT2D eigenvalue weighted by atomic mass is 32.1. The normalized spacial score (nSPS) is 13.0. The number of pyridine rings is 1. The highest BCUT2D eigenvalue weighted by Gasteiger charge is 2.19. The van der Waals surface area contributed by atoms with Crippen LogP contribution in [0.5, 0.6) is 0 Å². The highest BCUT2D eigenvalue weighted by molar-refractivity contribution is 7.19. The summed E-state index contributed by atoms with van der Waals surface area (Å²) in [6, 6.07) is 11.5. The maximum absolute atomic E-state index is 12.4. The third kappa shape index (κ3) is 4.27. The number of hydrogen-bond donors (Lipinski definition) is 2. The topological polar surface area (TPSA) is 79.8 Å². The zero-order chi connectivity index (χ0) is 21.0. The monoisotopic (exact) mass is 429 g/mol. The molecule has 0 aliphatic heterocycles. The van der Waals surface area contributed by atoms with Crippen molar-refractivity contribution >= 4 is 33.3 Å². The molecular weight excluding hydrogens is 406 g/mol. The molecule has 1 aromatic carbocycles. The molecule has 156 valence electrons. The molecule has 0 radical (unpaired) electrons. The van der Waals surface area contributed by atoms with Crippen LogP contribution < -0.4 is 10.6 Å². The first-order valence-corrected chi connectivity index (χ1v) is 11.3. The number of carbonyl (C=O) groups is 1. The first kappa shape index (κ1) is 19.6. The lowest BCUT2D eigenvalue weighted by Gasteiger charge is -2.12. The molecule has 0 bridgehead atoms. The SMILES string of the molecule is O=C(NCc1ccncc1)c1ccc(CNc2ncnc3sc4c(c23)CCCC4)cc1. The van der Waals surface area contributed by atoms with Crippen LogP contribution in [-0.4, -0.2) is 20.9 Å². The van der Waals surface area contributed by atoms with Crippen molar-refractivity contribution in [2.75, 3.05) is 5.32 Å². The molecule has 0 fully saturated rings. The van der Waals surface area contributed by atoms with Gasteiger partial charge in [-0.2, -0.15) is 0 Å². The average molecular weight is 430 g/mol. The van der Waals surface area contributed by atoms with Crippen molar-refractivity contribution < 1.29 is 4.79 Å². The molecule has 5 rings (SSSR count). The Morgan fingerprint density at radius 2 is 1.71 bits per heavy atom. The van der Waals surface area contributed by atoms with Crippen LogP contribution in [0.15, 0.2) is 55.1 Å². The van der Waals surface area contributed by atoms with Gasteiger partial charge in [-0.05, 0) is 66.6 Å². The van der Waals surface area contributed by atoms with E-state index in [9.17, 15) is 4.79 Å². The second-order valence-corrected chi connectivity index (χ2v) is 8.79. The molecule has 7 heteroatoms. The van der Waals surface area contributed by atoms with Gasteiger partial charge >= 0.3 is 0 Å². The fourth-order valence-electron chi connectivity index (χ4n) is 3.97. The number of hydrogen-bond acceptors (Lipinski definition) is 6. The Bertz CT molecular complexity index is 1200. The first-order valence-electron chi connectivity index (χ1n) is 10.5. The van der Waals surface area contributed by atoms with Gasteiger partial charge in [-0.3, -0.25) is 9.78 Å². The number of benzene rings is 1. The van der Waals surface area contributed by atoms with E-state index in [1.807, 2.05) is 36.4 Å². The lowest BCUT2D eigenvalue weighted by molar-refractivity contribution is 0.0951. The van der Waals surface area contributed by atoms with Gasteiger partial charge in [-0.15, -0.1) is 11.3 Å². The van der Waals surface area contributed by atoms with Crippen molar-refractivity contribution in [3.8, 4) is 0 Å². The Kier molecular flexibility index (Phi) is 5.58. The highest BCUT2D eigenvalue weighted by Crippen LogP contribution is 2.38. The first-order chi connectivity index (χ1) is 15.3. The van der Waals surface area contributed by atoms with Crippen molar-refractivity contribution in [1.82, 2.24) is 20.3 Å². The summed E-state index contributed by atoms with van der Waals surface area (Å²) in [4.78, 5) is 27.9. The second-order valence-electron chi connectivity index (χ2n) is 7.70. The predicted molar refractivity (Wildman–Crippen MR) is 123 cm³/mol. The summed E-state index contributed by atoms with van der Waals surface area (Å²) >= 11 is 1.80. The lowest BCUT2D eigenvalue weighted by Crippen LogP contribution is -2.22. The third-order valence-corrected chi connectivity index (χ3v) is 6.83. The Morgan fingerprint density at radius 3 is 2.55 bits per heavy atom. The van der Waals surface area contributed by atoms with E-state index in [1.165, 1.54) is 28.7 Å². The molecule has 3 aromatic heterocycles. The van der Waals surface area contributed by atoms with E-state index in [0.29, 0.717) is 18.7 Å². The number of fused-ring (bicyclic) bond motifs is 3. The number of amides is 1. The standard InChI is InChI=1S/C24H23N5OS/c30-23(27-14-17-9-11-25-12-10-17)18-7-5-16(6-8-18)13-26-22-21-19-3-1-2-4-20(19)31-24(21)29-15-28-22/h5-12,15H,1-4,13-14H2,(H,27,30)(H,26,28,29). The van der Waals surface area contributed by atoms with Gasteiger partial charge < -0.3 is 10.6 Å². The Labute approximate surface area is 184 Å². The van der Waals surface area contributed by atoms with Crippen molar-refractivity contribution in [1.29, 1.82) is 0 Å². The minimum absolute atomic E-state index is 0.0845. The molecule has 0 atom stereocenters. The van der Waals surface area contributed by atoms with Gasteiger partial charge in [0.15, 0.2) is 0 Å². The smallest absolute Gasteiger partial charge is 0.251 e. The third-order valence-electron chi connectivity index (χ3n) is 5.63. The minimum Gasteiger partial charge on any atom is -0.365 e. The van der Waals surface area contributed by atoms with E-state index in [2.05, 4.69) is 25.6 Å². The van der Waals surface area contributed by atoms with Gasteiger partial charge in [-0.1, -0.05) is 12.1 Å². The quantitative estimate of drug-likeness (QED) is 0.471. The molecule has 0 saturated heterocycles. The van der Waals surface area contributed by atoms with Crippen molar-refractivity contribution in [2.24, 2.45) is 0 Å². The summed E-state index contributed by atoms with van der Waals surface area (Å²) in [5, 5.41) is 7.61. The fourth-order valence-corrected chi connectivity index (χ4v) is 5.20. The van der Waals surface area contributed by atoms with Crippen molar-refractivity contribution in [3.63, 3.8) is 0 Å². The van der Waals surface area contributed by atoms with Gasteiger partial charge in [0, 0.05) is 35.9 Å². The zero-order valence-electron chi connectivity index (χ0n) is 17.1. The molecule has 2 N–H and O–H groups in total. The molecule has 1 aliphatic rings. The molecule has 0 unspecified atom stereocenters. The number of carbonyl (C=O) groups excluding carboxylic acids is 1. The van der Waals surface area contributed by atoms with E-state index < -0.39 is 0 Å². The Balaban J connectivity index is 1.24. The Hall–Kier alpha value is -3.32. The van der Waals surface area contributed by atoms with Crippen molar-refractivity contribution in [3.05, 3.63) is 82.3 Å². The van der Waals surface area contributed by atoms with Crippen molar-refractivity contribution in [2.45, 2.75) is 38.8 Å². The molecule has 3 heterocycles. The minimum atomic E-state index is -0.0845. The van der Waals surface area contributed by atoms with Crippen LogP contribution in [0.3, 0.4) is 0 Å². The zero-order valence-corrected chi connectivity index (χ0v) is 17.9. The molecule has 1 amide bonds. The number of anilines is 1. The summed E-state index contributed by atoms with van der Waals surface area (Å²) < 4.78 is 0. The van der Waals surface area contributed by atoms with Crippen LogP contribution in [0.1, 0.15) is 44.8 Å². The van der Waals surface area contributed by atoms with E-state index in [4.69, 9.17) is 0 Å². The Morgan fingerprint density at radius 1 is 0.935 bits per heavy atom. The van der Waals surface area contributed by atoms with E-state index >= 15 is 0 Å². The summed E-state index contributed by atoms with van der Waals surface area (Å²) in [6.07, 6.45) is 9.85. The summed E-state index contributed by atoms with van der Waals surface area (Å²) in [5.41, 5.74) is 4.20. The molecule has 6 nitrogen and oxygen atoms in total. The number of aryl methyl sites for hydroxylation is 2. The molecule has 0 spiro atoms. The summed E-state index contributed by atoms with van der Waals surface area (Å²) in [6.45, 7) is 1.13. The van der Waals surface area contributed by atoms with Crippen LogP contribution in [0.4, 0.5) is 5.82 Å². The van der Waals surface area contributed by atoms with Gasteiger partial charge in [0.1, 0.15) is 17.0 Å². The molecule has 1 aliphatic carbocycles. The van der Waals surface area contributed by atoms with Crippen LogP contribution in [-0.2, 0) is 25.9 Å². The van der Waals surface area contributed by atoms with E-state index in [1.54, 1.807) is 30.1 Å². The van der Waals surface area contributed by atoms with E-state index in [0.717, 1.165) is 34.6 Å². The maximum Gasteiger partial charge on any atom is 0.251 e. The van der Waals surface area contributed by atoms with E-state index in [-0.39, 0.29) is 5.91 Å². The molecular formula is C24H23N5OS. The number of nitrogens with one attached hydrogen (secondary N) is 2. The summed E-state index contributed by atoms with van der Waals surface area (Å²) in [7, 11) is 0. The number of rotatable bonds is 6. The maximum atomic E-state index is 12.4. The van der Waals surface area contributed by atoms with Crippen LogP contribution in [0, 0.1) is 0 Å². The number of aromatic nitrogens is 3. The molecule has 0 saturated carbocycles. The average Bonchev–Trinajstić information content (AvgIpc) is 3.21. The van der Waals surface area contributed by atoms with Gasteiger partial charge in [-0.25, -0.2) is 9.97 Å². The van der Waals surface area contributed by atoms with Gasteiger partial charge in [0.2, 0.25) is 0 Å². The lowest BCUT2D eigenvalue weighted by atomic mass is 9.97. The molecule has 31 heavy (non-hydrogen) atoms. The molecule has 4 aromatic rings. The van der Waals surface area contributed by atoms with Gasteiger partial charge in [0.05, 0.1) is 5.39 Å². The fraction of sp³-hybridized carbons (Fsp3) is 0.250. The summed E-state index contributed by atoms with van der Waals surface area (Å²) in [5.74, 6) is 0.822. The van der Waals surface area contributed by atoms with Crippen LogP contribution >= 0.6 is 11.3 Å². The second kappa shape index (κ2) is 8.81. The van der Waals surface area contributed by atoms with Crippen LogP contribution in [0.2, 0.25) is 0 Å². The largest absolute Gasteiger partial charge is 0.365 e. The predicted octanol–water partition coefficient (Wildman–Crippen LogP) is 4.51. The van der Waals surface area contributed by atoms with Crippen LogP contribution in [0.25, 0.3) is 10.2 Å².